The molecule has 0 heterocycles. The molecule has 58 valence electrons. The molecule has 0 aliphatic carbocycles. The third kappa shape index (κ3) is 2.08. The summed E-state index contributed by atoms with van der Waals surface area (Å²) < 4.78 is 4.69. The Kier molecular flexibility index (Phi) is 2.26. The van der Waals surface area contributed by atoms with Crippen molar-refractivity contribution in [1.29, 1.82) is 0 Å². The van der Waals surface area contributed by atoms with Crippen molar-refractivity contribution in [2.45, 2.75) is 13.8 Å². The van der Waals surface area contributed by atoms with E-state index in [1.54, 1.807) is 0 Å². The largest absolute Gasteiger partial charge is 0.429 e. The first-order valence-corrected chi connectivity index (χ1v) is 3.41. The van der Waals surface area contributed by atoms with Gasteiger partial charge in [0.15, 0.2) is 0 Å². The van der Waals surface area contributed by atoms with Gasteiger partial charge in [-0.3, -0.25) is 4.79 Å². The minimum absolute atomic E-state index is 0.439. The fourth-order valence-electron chi connectivity index (χ4n) is 1.06. The predicted molar refractivity (Wildman–Crippen MR) is 42.6 cm³/mol. The molecule has 0 aliphatic rings. The molecule has 0 radical (unpaired) electrons. The third-order valence-corrected chi connectivity index (χ3v) is 1.38. The monoisotopic (exact) mass is 150 g/mol. The van der Waals surface area contributed by atoms with Crippen molar-refractivity contribution in [3.8, 4) is 5.75 Å². The molecule has 0 fully saturated rings. The molecule has 0 spiro atoms. The summed E-state index contributed by atoms with van der Waals surface area (Å²) in [6.45, 7) is 4.36. The van der Waals surface area contributed by atoms with Crippen molar-refractivity contribution in [2.75, 3.05) is 0 Å². The van der Waals surface area contributed by atoms with Gasteiger partial charge in [-0.05, 0) is 37.1 Å². The Morgan fingerprint density at radius 3 is 2.18 bits per heavy atom. The van der Waals surface area contributed by atoms with Crippen molar-refractivity contribution in [2.24, 2.45) is 0 Å². The lowest BCUT2D eigenvalue weighted by Crippen LogP contribution is -1.89. The average molecular weight is 150 g/mol. The number of aryl methyl sites for hydroxylation is 2. The Morgan fingerprint density at radius 2 is 1.73 bits per heavy atom. The van der Waals surface area contributed by atoms with Crippen LogP contribution in [0.15, 0.2) is 18.2 Å². The van der Waals surface area contributed by atoms with Gasteiger partial charge in [0, 0.05) is 0 Å². The first-order valence-electron chi connectivity index (χ1n) is 3.41. The van der Waals surface area contributed by atoms with E-state index in [0.29, 0.717) is 12.2 Å². The molecule has 0 aromatic heterocycles. The quantitative estimate of drug-likeness (QED) is 0.601. The van der Waals surface area contributed by atoms with Gasteiger partial charge < -0.3 is 4.74 Å². The normalized spacial score (nSPS) is 9.27. The van der Waals surface area contributed by atoms with Crippen LogP contribution in [-0.2, 0) is 4.79 Å². The van der Waals surface area contributed by atoms with Crippen LogP contribution >= 0.6 is 0 Å². The molecule has 0 aliphatic heterocycles. The molecule has 0 saturated carbocycles. The summed E-state index contributed by atoms with van der Waals surface area (Å²) in [6.07, 6.45) is 0. The van der Waals surface area contributed by atoms with E-state index in [2.05, 4.69) is 4.74 Å². The van der Waals surface area contributed by atoms with Crippen LogP contribution in [0.25, 0.3) is 0 Å². The van der Waals surface area contributed by atoms with Gasteiger partial charge in [-0.15, -0.1) is 0 Å². The van der Waals surface area contributed by atoms with E-state index in [0.717, 1.165) is 11.1 Å². The van der Waals surface area contributed by atoms with Gasteiger partial charge in [0.05, 0.1) is 0 Å². The maximum atomic E-state index is 9.97. The van der Waals surface area contributed by atoms with E-state index in [1.165, 1.54) is 0 Å². The average Bonchev–Trinajstić information content (AvgIpc) is 1.85. The lowest BCUT2D eigenvalue weighted by atomic mass is 10.1. The van der Waals surface area contributed by atoms with Crippen LogP contribution in [0.4, 0.5) is 0 Å². The van der Waals surface area contributed by atoms with Crippen molar-refractivity contribution >= 4 is 6.47 Å². The number of carbonyl (C=O) groups is 1. The standard InChI is InChI=1S/C9H10O2/c1-7-3-8(2)5-9(4-7)11-6-10/h3-6H,1-2H3. The molecule has 2 nitrogen and oxygen atoms in total. The summed E-state index contributed by atoms with van der Waals surface area (Å²) >= 11 is 0. The Morgan fingerprint density at radius 1 is 1.18 bits per heavy atom. The van der Waals surface area contributed by atoms with Crippen LogP contribution < -0.4 is 4.74 Å². The number of hydrogen-bond donors (Lipinski definition) is 0. The van der Waals surface area contributed by atoms with Crippen LogP contribution in [0.1, 0.15) is 11.1 Å². The summed E-state index contributed by atoms with van der Waals surface area (Å²) in [4.78, 5) is 9.97. The number of benzene rings is 1. The van der Waals surface area contributed by atoms with Gasteiger partial charge in [0.1, 0.15) is 5.75 Å². The zero-order valence-electron chi connectivity index (χ0n) is 6.63. The highest BCUT2D eigenvalue weighted by atomic mass is 16.5. The molecular formula is C9H10O2. The van der Waals surface area contributed by atoms with E-state index < -0.39 is 0 Å². The van der Waals surface area contributed by atoms with E-state index in [9.17, 15) is 4.79 Å². The molecule has 0 unspecified atom stereocenters. The highest BCUT2D eigenvalue weighted by Gasteiger charge is 1.94. The van der Waals surface area contributed by atoms with Crippen LogP contribution in [0, 0.1) is 13.8 Å². The second kappa shape index (κ2) is 3.19. The smallest absolute Gasteiger partial charge is 0.298 e. The summed E-state index contributed by atoms with van der Waals surface area (Å²) in [5, 5.41) is 0. The van der Waals surface area contributed by atoms with Gasteiger partial charge in [0.25, 0.3) is 6.47 Å². The Balaban J connectivity index is 2.98. The van der Waals surface area contributed by atoms with Crippen molar-refractivity contribution in [1.82, 2.24) is 0 Å². The van der Waals surface area contributed by atoms with Crippen molar-refractivity contribution in [3.05, 3.63) is 29.3 Å². The Hall–Kier alpha value is -1.31. The third-order valence-electron chi connectivity index (χ3n) is 1.38. The first-order chi connectivity index (χ1) is 5.22. The van der Waals surface area contributed by atoms with E-state index in [4.69, 9.17) is 0 Å². The number of carbonyl (C=O) groups excluding carboxylic acids is 1. The van der Waals surface area contributed by atoms with Gasteiger partial charge in [-0.25, -0.2) is 0 Å². The SMILES string of the molecule is Cc1cc(C)cc(OC=O)c1. The van der Waals surface area contributed by atoms with Crippen molar-refractivity contribution in [3.63, 3.8) is 0 Å². The van der Waals surface area contributed by atoms with Gasteiger partial charge >= 0.3 is 0 Å². The minimum Gasteiger partial charge on any atom is -0.429 e. The maximum absolute atomic E-state index is 9.97. The predicted octanol–water partition coefficient (Wildman–Crippen LogP) is 1.84. The molecule has 0 atom stereocenters. The molecule has 0 N–H and O–H groups in total. The van der Waals surface area contributed by atoms with Gasteiger partial charge in [0.2, 0.25) is 0 Å². The zero-order valence-corrected chi connectivity index (χ0v) is 6.63. The Labute approximate surface area is 65.8 Å². The molecule has 0 bridgehead atoms. The molecule has 11 heavy (non-hydrogen) atoms. The lowest BCUT2D eigenvalue weighted by molar-refractivity contribution is -0.120. The van der Waals surface area contributed by atoms with E-state index in [-0.39, 0.29) is 0 Å². The molecule has 1 aromatic rings. The first kappa shape index (κ1) is 7.79. The topological polar surface area (TPSA) is 26.3 Å². The zero-order chi connectivity index (χ0) is 8.27. The lowest BCUT2D eigenvalue weighted by Gasteiger charge is -2.00. The van der Waals surface area contributed by atoms with Gasteiger partial charge in [-0.2, -0.15) is 0 Å². The minimum atomic E-state index is 0.439. The highest BCUT2D eigenvalue weighted by Crippen LogP contribution is 2.14. The second-order valence-electron chi connectivity index (χ2n) is 2.54. The number of hydrogen-bond acceptors (Lipinski definition) is 2. The summed E-state index contributed by atoms with van der Waals surface area (Å²) in [6, 6.07) is 5.67. The fraction of sp³-hybridized carbons (Fsp3) is 0.222. The molecule has 1 rings (SSSR count). The second-order valence-corrected chi connectivity index (χ2v) is 2.54. The molecule has 1 aromatic carbocycles. The molecule has 0 amide bonds. The van der Waals surface area contributed by atoms with Crippen LogP contribution in [-0.4, -0.2) is 6.47 Å². The highest BCUT2D eigenvalue weighted by molar-refractivity contribution is 5.46. The van der Waals surface area contributed by atoms with Crippen LogP contribution in [0.2, 0.25) is 0 Å². The molecule has 0 saturated heterocycles. The summed E-state index contributed by atoms with van der Waals surface area (Å²) in [5.41, 5.74) is 2.20. The summed E-state index contributed by atoms with van der Waals surface area (Å²) in [7, 11) is 0. The molecule has 2 heteroatoms. The van der Waals surface area contributed by atoms with E-state index >= 15 is 0 Å². The van der Waals surface area contributed by atoms with Gasteiger partial charge in [-0.1, -0.05) is 6.07 Å². The maximum Gasteiger partial charge on any atom is 0.298 e. The fourth-order valence-corrected chi connectivity index (χ4v) is 1.06. The summed E-state index contributed by atoms with van der Waals surface area (Å²) in [5.74, 6) is 0.609. The number of ether oxygens (including phenoxy) is 1. The van der Waals surface area contributed by atoms with Crippen LogP contribution in [0.5, 0.6) is 5.75 Å². The molecular weight excluding hydrogens is 140 g/mol. The number of rotatable bonds is 2. The Bertz CT molecular complexity index is 246. The van der Waals surface area contributed by atoms with Crippen LogP contribution in [0.3, 0.4) is 0 Å². The van der Waals surface area contributed by atoms with E-state index in [1.807, 2.05) is 32.0 Å². The van der Waals surface area contributed by atoms with Crippen molar-refractivity contribution < 1.29 is 9.53 Å².